The summed E-state index contributed by atoms with van der Waals surface area (Å²) < 4.78 is 27.7. The molecule has 2 rings (SSSR count). The van der Waals surface area contributed by atoms with Crippen molar-refractivity contribution in [3.8, 4) is 0 Å². The molecule has 1 N–H and O–H groups in total. The van der Waals surface area contributed by atoms with Crippen molar-refractivity contribution in [3.05, 3.63) is 17.3 Å². The number of rotatable bonds is 2. The predicted octanol–water partition coefficient (Wildman–Crippen LogP) is 0.973. The van der Waals surface area contributed by atoms with Crippen LogP contribution < -0.4 is 0 Å². The lowest BCUT2D eigenvalue weighted by Crippen LogP contribution is -2.22. The van der Waals surface area contributed by atoms with Gasteiger partial charge in [0.1, 0.15) is 9.84 Å². The summed E-state index contributed by atoms with van der Waals surface area (Å²) in [7, 11) is -2.93. The molecule has 0 radical (unpaired) electrons. The van der Waals surface area contributed by atoms with Gasteiger partial charge in [0.05, 0.1) is 17.2 Å². The Morgan fingerprint density at radius 3 is 2.47 bits per heavy atom. The van der Waals surface area contributed by atoms with E-state index in [-0.39, 0.29) is 23.2 Å². The minimum Gasteiger partial charge on any atom is -0.475 e. The second kappa shape index (κ2) is 4.14. The number of aromatic carboxylic acids is 1. The van der Waals surface area contributed by atoms with Crippen LogP contribution in [0.25, 0.3) is 0 Å². The Hall–Kier alpha value is -1.37. The monoisotopic (exact) mass is 259 g/mol. The Labute approximate surface area is 98.6 Å². The number of carbonyl (C=O) groups is 1. The molecule has 1 fully saturated rings. The zero-order valence-electron chi connectivity index (χ0n) is 9.34. The third-order valence-corrected chi connectivity index (χ3v) is 4.63. The second-order valence-corrected chi connectivity index (χ2v) is 6.50. The van der Waals surface area contributed by atoms with Gasteiger partial charge in [0.2, 0.25) is 5.76 Å². The Balaban J connectivity index is 2.19. The average Bonchev–Trinajstić information content (AvgIpc) is 2.60. The number of hydrogen-bond acceptors (Lipinski definition) is 5. The summed E-state index contributed by atoms with van der Waals surface area (Å²) in [5.41, 5.74) is 0.334. The molecule has 0 atom stereocenters. The summed E-state index contributed by atoms with van der Waals surface area (Å²) in [6, 6.07) is 0. The highest BCUT2D eigenvalue weighted by Gasteiger charge is 2.29. The summed E-state index contributed by atoms with van der Waals surface area (Å²) in [5.74, 6) is -0.832. The van der Waals surface area contributed by atoms with Crippen molar-refractivity contribution in [1.82, 2.24) is 4.98 Å². The number of oxazole rings is 1. The van der Waals surface area contributed by atoms with Crippen molar-refractivity contribution >= 4 is 15.8 Å². The smallest absolute Gasteiger partial charge is 0.373 e. The molecule has 1 saturated heterocycles. The number of aromatic nitrogens is 1. The van der Waals surface area contributed by atoms with E-state index < -0.39 is 15.8 Å². The summed E-state index contributed by atoms with van der Waals surface area (Å²) in [4.78, 5) is 14.9. The van der Waals surface area contributed by atoms with Crippen LogP contribution in [0.3, 0.4) is 0 Å². The topological polar surface area (TPSA) is 97.5 Å². The van der Waals surface area contributed by atoms with Crippen molar-refractivity contribution in [1.29, 1.82) is 0 Å². The van der Waals surface area contributed by atoms with Crippen LogP contribution in [0, 0.1) is 6.92 Å². The van der Waals surface area contributed by atoms with Gasteiger partial charge < -0.3 is 9.52 Å². The first-order valence-electron chi connectivity index (χ1n) is 5.30. The predicted molar refractivity (Wildman–Crippen MR) is 58.8 cm³/mol. The quantitative estimate of drug-likeness (QED) is 0.850. The maximum atomic E-state index is 11.3. The van der Waals surface area contributed by atoms with Crippen molar-refractivity contribution in [2.45, 2.75) is 25.7 Å². The van der Waals surface area contributed by atoms with Crippen LogP contribution in [-0.2, 0) is 9.84 Å². The maximum absolute atomic E-state index is 11.3. The molecular formula is C10H13NO5S. The van der Waals surface area contributed by atoms with Crippen molar-refractivity contribution in [2.75, 3.05) is 11.5 Å². The molecule has 0 spiro atoms. The van der Waals surface area contributed by atoms with Gasteiger partial charge >= 0.3 is 5.97 Å². The van der Waals surface area contributed by atoms with Crippen LogP contribution in [0.5, 0.6) is 0 Å². The van der Waals surface area contributed by atoms with Crippen LogP contribution in [0.15, 0.2) is 4.42 Å². The summed E-state index contributed by atoms with van der Waals surface area (Å²) in [6.07, 6.45) is 0.892. The van der Waals surface area contributed by atoms with Gasteiger partial charge in [0, 0.05) is 5.92 Å². The Kier molecular flexibility index (Phi) is 2.94. The van der Waals surface area contributed by atoms with Gasteiger partial charge in [-0.25, -0.2) is 18.2 Å². The lowest BCUT2D eigenvalue weighted by molar-refractivity contribution is 0.0658. The fourth-order valence-electron chi connectivity index (χ4n) is 1.93. The van der Waals surface area contributed by atoms with Crippen molar-refractivity contribution < 1.29 is 22.7 Å². The number of aryl methyl sites for hydroxylation is 1. The number of sulfone groups is 1. The third-order valence-electron chi connectivity index (χ3n) is 2.91. The first-order valence-corrected chi connectivity index (χ1v) is 7.12. The van der Waals surface area contributed by atoms with Gasteiger partial charge in [0.15, 0.2) is 5.89 Å². The zero-order valence-corrected chi connectivity index (χ0v) is 10.2. The first-order chi connectivity index (χ1) is 7.89. The van der Waals surface area contributed by atoms with Gasteiger partial charge in [-0.2, -0.15) is 0 Å². The zero-order chi connectivity index (χ0) is 12.6. The highest BCUT2D eigenvalue weighted by atomic mass is 32.2. The fourth-order valence-corrected chi connectivity index (χ4v) is 3.42. The van der Waals surface area contributed by atoms with Crippen molar-refractivity contribution in [2.24, 2.45) is 0 Å². The molecular weight excluding hydrogens is 246 g/mol. The van der Waals surface area contributed by atoms with Crippen molar-refractivity contribution in [3.63, 3.8) is 0 Å². The summed E-state index contributed by atoms with van der Waals surface area (Å²) >= 11 is 0. The molecule has 94 valence electrons. The second-order valence-electron chi connectivity index (χ2n) is 4.20. The van der Waals surface area contributed by atoms with E-state index in [2.05, 4.69) is 4.98 Å². The van der Waals surface area contributed by atoms with Gasteiger partial charge in [-0.15, -0.1) is 0 Å². The Bertz CT molecular complexity index is 531. The molecule has 0 saturated carbocycles. The Morgan fingerprint density at radius 1 is 1.41 bits per heavy atom. The molecule has 1 aliphatic rings. The highest BCUT2D eigenvalue weighted by Crippen LogP contribution is 2.29. The van der Waals surface area contributed by atoms with Crippen LogP contribution in [0.1, 0.15) is 40.9 Å². The van der Waals surface area contributed by atoms with E-state index in [9.17, 15) is 13.2 Å². The minimum atomic E-state index is -2.93. The van der Waals surface area contributed by atoms with E-state index in [0.717, 1.165) is 0 Å². The van der Waals surface area contributed by atoms with Gasteiger partial charge in [-0.1, -0.05) is 0 Å². The lowest BCUT2D eigenvalue weighted by Gasteiger charge is -2.18. The van der Waals surface area contributed by atoms with Gasteiger partial charge in [0.25, 0.3) is 0 Å². The third kappa shape index (κ3) is 2.49. The van der Waals surface area contributed by atoms with E-state index in [1.165, 1.54) is 0 Å². The molecule has 0 bridgehead atoms. The van der Waals surface area contributed by atoms with Gasteiger partial charge in [-0.3, -0.25) is 0 Å². The fraction of sp³-hybridized carbons (Fsp3) is 0.600. The molecule has 0 unspecified atom stereocenters. The standard InChI is InChI=1S/C10H13NO5S/c1-6-8(10(12)13)16-9(11-6)7-2-4-17(14,15)5-3-7/h7H,2-5H2,1H3,(H,12,13). The maximum Gasteiger partial charge on any atom is 0.373 e. The largest absolute Gasteiger partial charge is 0.475 e. The van der Waals surface area contributed by atoms with Crippen LogP contribution in [0.4, 0.5) is 0 Å². The molecule has 7 heteroatoms. The first kappa shape index (κ1) is 12.1. The molecule has 0 aromatic carbocycles. The number of carboxylic acid groups (broad SMARTS) is 1. The molecule has 1 aliphatic heterocycles. The number of hydrogen-bond donors (Lipinski definition) is 1. The van der Waals surface area contributed by atoms with Crippen LogP contribution in [0.2, 0.25) is 0 Å². The highest BCUT2D eigenvalue weighted by molar-refractivity contribution is 7.91. The minimum absolute atomic E-state index is 0.0923. The summed E-state index contributed by atoms with van der Waals surface area (Å²) in [5, 5.41) is 8.83. The molecule has 17 heavy (non-hydrogen) atoms. The van der Waals surface area contributed by atoms with E-state index in [1.807, 2.05) is 0 Å². The molecule has 0 aliphatic carbocycles. The average molecular weight is 259 g/mol. The van der Waals surface area contributed by atoms with E-state index in [0.29, 0.717) is 24.4 Å². The molecule has 0 amide bonds. The number of nitrogens with zero attached hydrogens (tertiary/aromatic N) is 1. The lowest BCUT2D eigenvalue weighted by atomic mass is 10.0. The normalized spacial score (nSPS) is 20.3. The van der Waals surface area contributed by atoms with Gasteiger partial charge in [-0.05, 0) is 19.8 Å². The van der Waals surface area contributed by atoms with Crippen LogP contribution >= 0.6 is 0 Å². The van der Waals surface area contributed by atoms with Crippen LogP contribution in [-0.4, -0.2) is 36.0 Å². The number of carboxylic acids is 1. The van der Waals surface area contributed by atoms with E-state index in [4.69, 9.17) is 9.52 Å². The summed E-state index contributed by atoms with van der Waals surface area (Å²) in [6.45, 7) is 1.57. The molecule has 6 nitrogen and oxygen atoms in total. The molecule has 2 heterocycles. The molecule has 1 aromatic heterocycles. The SMILES string of the molecule is Cc1nc(C2CCS(=O)(=O)CC2)oc1C(=O)O. The molecule has 1 aromatic rings. The Morgan fingerprint density at radius 2 is 2.00 bits per heavy atom. The van der Waals surface area contributed by atoms with E-state index >= 15 is 0 Å². The van der Waals surface area contributed by atoms with E-state index in [1.54, 1.807) is 6.92 Å².